The Morgan fingerprint density at radius 1 is 0.316 bits per heavy atom. The molecule has 2 nitrogen and oxygen atoms in total. The molecule has 5 heteroatoms. The highest BCUT2D eigenvalue weighted by Crippen LogP contribution is 2.42. The fourth-order valence-electron chi connectivity index (χ4n) is 7.13. The molecule has 0 aliphatic heterocycles. The van der Waals surface area contributed by atoms with E-state index in [9.17, 15) is 0 Å². The van der Waals surface area contributed by atoms with Crippen molar-refractivity contribution in [1.29, 1.82) is 0 Å². The number of hydrogen-bond donors (Lipinski definition) is 1. The molecule has 0 bridgehead atoms. The summed E-state index contributed by atoms with van der Waals surface area (Å²) < 4.78 is 3.27. The quantitative estimate of drug-likeness (QED) is 0.173. The van der Waals surface area contributed by atoms with Crippen LogP contribution in [0.1, 0.15) is 0 Å². The molecule has 0 radical (unpaired) electrons. The maximum atomic E-state index is 3.64. The van der Waals surface area contributed by atoms with Crippen LogP contribution in [0.5, 0.6) is 0 Å². The number of para-hydroxylation sites is 2. The number of anilines is 5. The summed E-state index contributed by atoms with van der Waals surface area (Å²) in [5.41, 5.74) is 5.70. The highest BCUT2D eigenvalue weighted by Gasteiger charge is 2.17. The fraction of sp³-hybridized carbons (Fsp3) is 0. The number of nitrogens with one attached hydrogen (secondary N) is 1. The van der Waals surface area contributed by atoms with Gasteiger partial charge in [0.05, 0.1) is 5.69 Å². The smallest absolute Gasteiger partial charge is 0.0546 e. The van der Waals surface area contributed by atoms with Gasteiger partial charge < -0.3 is 10.2 Å². The van der Waals surface area contributed by atoms with Gasteiger partial charge in [-0.3, -0.25) is 0 Å². The third-order valence-electron chi connectivity index (χ3n) is 9.68. The Morgan fingerprint density at radius 3 is 1.33 bits per heavy atom. The van der Waals surface area contributed by atoms with Crippen LogP contribution < -0.4 is 10.2 Å². The molecule has 10 rings (SSSR count). The first-order valence-electron chi connectivity index (χ1n) is 18.7. The maximum absolute atomic E-state index is 3.64. The number of nitrogens with zero attached hydrogens (tertiary/aromatic N) is 1. The molecule has 276 valence electrons. The first kappa shape index (κ1) is 38.2. The Hall–Kier alpha value is -5.72. The van der Waals surface area contributed by atoms with E-state index in [4.69, 9.17) is 0 Å². The van der Waals surface area contributed by atoms with Crippen molar-refractivity contribution >= 4 is 119 Å². The highest BCUT2D eigenvalue weighted by molar-refractivity contribution is 9.11. The summed E-state index contributed by atoms with van der Waals surface area (Å²) >= 11 is 10.3. The molecule has 10 aromatic rings. The molecule has 0 saturated heterocycles. The molecule has 0 fully saturated rings. The monoisotopic (exact) mass is 926 g/mol. The van der Waals surface area contributed by atoms with Crippen molar-refractivity contribution < 1.29 is 0 Å². The fourth-order valence-corrected chi connectivity index (χ4v) is 8.63. The predicted molar refractivity (Wildman–Crippen MR) is 257 cm³/mol. The van der Waals surface area contributed by atoms with Crippen LogP contribution in [0, 0.1) is 0 Å². The maximum Gasteiger partial charge on any atom is 0.0546 e. The summed E-state index contributed by atoms with van der Waals surface area (Å²) in [7, 11) is 0. The SMILES string of the molecule is Brc1cccc(Br)c1.Brc1cccc(N(c2ccccc2)c2cc3ccccc3c3ccccc23)c1.c1ccc(Nc2cc3ccccc3c3ccccc23)cc1. The first-order chi connectivity index (χ1) is 28.0. The van der Waals surface area contributed by atoms with E-state index in [0.717, 1.165) is 36.2 Å². The third kappa shape index (κ3) is 8.97. The molecular weight excluding hydrogens is 892 g/mol. The van der Waals surface area contributed by atoms with E-state index in [1.165, 1.54) is 48.8 Å². The summed E-state index contributed by atoms with van der Waals surface area (Å²) in [6.07, 6.45) is 0. The summed E-state index contributed by atoms with van der Waals surface area (Å²) in [5, 5.41) is 13.7. The Balaban J connectivity index is 0.000000137. The van der Waals surface area contributed by atoms with Gasteiger partial charge in [-0.1, -0.05) is 193 Å². The molecule has 0 aromatic heterocycles. The normalized spacial score (nSPS) is 10.7. The lowest BCUT2D eigenvalue weighted by Crippen LogP contribution is -2.10. The van der Waals surface area contributed by atoms with Gasteiger partial charge in [0.1, 0.15) is 0 Å². The van der Waals surface area contributed by atoms with Crippen LogP contribution in [-0.4, -0.2) is 0 Å². The lowest BCUT2D eigenvalue weighted by Gasteiger charge is -2.27. The Labute approximate surface area is 358 Å². The van der Waals surface area contributed by atoms with Gasteiger partial charge >= 0.3 is 0 Å². The Kier molecular flexibility index (Phi) is 12.1. The van der Waals surface area contributed by atoms with Crippen molar-refractivity contribution in [3.63, 3.8) is 0 Å². The molecule has 0 aliphatic carbocycles. The van der Waals surface area contributed by atoms with Gasteiger partial charge in [0.2, 0.25) is 0 Å². The van der Waals surface area contributed by atoms with Gasteiger partial charge in [0.25, 0.3) is 0 Å². The van der Waals surface area contributed by atoms with Crippen LogP contribution in [0.2, 0.25) is 0 Å². The minimum absolute atomic E-state index is 1.07. The molecule has 0 aliphatic rings. The van der Waals surface area contributed by atoms with E-state index in [-0.39, 0.29) is 0 Å². The predicted octanol–water partition coefficient (Wildman–Crippen LogP) is 17.2. The van der Waals surface area contributed by atoms with Gasteiger partial charge in [-0.2, -0.15) is 0 Å². The third-order valence-corrected chi connectivity index (χ3v) is 11.2. The second-order valence-electron chi connectivity index (χ2n) is 13.4. The van der Waals surface area contributed by atoms with Crippen LogP contribution in [0.15, 0.2) is 232 Å². The zero-order chi connectivity index (χ0) is 39.0. The van der Waals surface area contributed by atoms with Gasteiger partial charge in [-0.25, -0.2) is 0 Å². The second-order valence-corrected chi connectivity index (χ2v) is 16.2. The van der Waals surface area contributed by atoms with E-state index < -0.39 is 0 Å². The topological polar surface area (TPSA) is 15.3 Å². The molecule has 0 saturated carbocycles. The lowest BCUT2D eigenvalue weighted by molar-refractivity contribution is 1.30. The zero-order valence-electron chi connectivity index (χ0n) is 30.9. The minimum atomic E-state index is 1.07. The zero-order valence-corrected chi connectivity index (χ0v) is 35.6. The number of rotatable bonds is 5. The molecule has 10 aromatic carbocycles. The average Bonchev–Trinajstić information content (AvgIpc) is 3.25. The number of fused-ring (bicyclic) bond motifs is 6. The van der Waals surface area contributed by atoms with Crippen LogP contribution in [0.25, 0.3) is 43.1 Å². The average molecular weight is 930 g/mol. The van der Waals surface area contributed by atoms with Crippen LogP contribution in [-0.2, 0) is 0 Å². The molecular formula is C52H37Br3N2. The molecule has 0 spiro atoms. The number of benzene rings is 10. The second kappa shape index (κ2) is 18.0. The van der Waals surface area contributed by atoms with Crippen molar-refractivity contribution in [1.82, 2.24) is 0 Å². The molecule has 57 heavy (non-hydrogen) atoms. The molecule has 0 amide bonds. The van der Waals surface area contributed by atoms with E-state index >= 15 is 0 Å². The van der Waals surface area contributed by atoms with E-state index in [0.29, 0.717) is 0 Å². The van der Waals surface area contributed by atoms with Crippen LogP contribution >= 0.6 is 47.8 Å². The number of hydrogen-bond acceptors (Lipinski definition) is 2. The van der Waals surface area contributed by atoms with Gasteiger partial charge in [0, 0.05) is 46.9 Å². The van der Waals surface area contributed by atoms with Crippen LogP contribution in [0.3, 0.4) is 0 Å². The largest absolute Gasteiger partial charge is 0.355 e. The van der Waals surface area contributed by atoms with Gasteiger partial charge in [0.15, 0.2) is 0 Å². The summed E-state index contributed by atoms with van der Waals surface area (Å²) in [6.45, 7) is 0. The minimum Gasteiger partial charge on any atom is -0.355 e. The molecule has 0 heterocycles. The molecule has 0 unspecified atom stereocenters. The highest BCUT2D eigenvalue weighted by atomic mass is 79.9. The van der Waals surface area contributed by atoms with Crippen LogP contribution in [0.4, 0.5) is 28.4 Å². The Morgan fingerprint density at radius 2 is 0.754 bits per heavy atom. The van der Waals surface area contributed by atoms with Crippen molar-refractivity contribution in [3.05, 3.63) is 232 Å². The van der Waals surface area contributed by atoms with E-state index in [1.54, 1.807) is 0 Å². The summed E-state index contributed by atoms with van der Waals surface area (Å²) in [6, 6.07) is 76.1. The Bertz CT molecular complexity index is 2910. The van der Waals surface area contributed by atoms with E-state index in [1.807, 2.05) is 42.5 Å². The lowest BCUT2D eigenvalue weighted by atomic mass is 9.99. The van der Waals surface area contributed by atoms with Gasteiger partial charge in [-0.15, -0.1) is 0 Å². The van der Waals surface area contributed by atoms with Gasteiger partial charge in [-0.05, 0) is 105 Å². The molecule has 0 atom stereocenters. The number of halogens is 3. The standard InChI is InChI=1S/C26H18BrN.C20H15N.C6H4Br2/c27-20-10-8-13-22(18-20)28(21-11-2-1-3-12-21)26-17-19-9-4-5-14-23(19)24-15-6-7-16-25(24)26;1-2-9-16(10-3-1)21-20-14-15-8-4-5-11-17(15)18-12-6-7-13-19(18)20;7-5-2-1-3-6(8)4-5/h1-18H;1-14,21H;1-4H. The van der Waals surface area contributed by atoms with E-state index in [2.05, 4.69) is 234 Å². The summed E-state index contributed by atoms with van der Waals surface area (Å²) in [4.78, 5) is 2.33. The van der Waals surface area contributed by atoms with Crippen molar-refractivity contribution in [2.75, 3.05) is 10.2 Å². The first-order valence-corrected chi connectivity index (χ1v) is 21.0. The molecule has 1 N–H and O–H groups in total. The van der Waals surface area contributed by atoms with Crippen molar-refractivity contribution in [2.45, 2.75) is 0 Å². The van der Waals surface area contributed by atoms with Crippen molar-refractivity contribution in [3.8, 4) is 0 Å². The van der Waals surface area contributed by atoms with Crippen molar-refractivity contribution in [2.24, 2.45) is 0 Å². The summed E-state index contributed by atoms with van der Waals surface area (Å²) in [5.74, 6) is 0.